The van der Waals surface area contributed by atoms with Gasteiger partial charge in [-0.25, -0.2) is 0 Å². The molecule has 0 radical (unpaired) electrons. The molecule has 6 heteroatoms. The van der Waals surface area contributed by atoms with E-state index in [9.17, 15) is 4.79 Å². The molecule has 0 aliphatic carbocycles. The van der Waals surface area contributed by atoms with Crippen LogP contribution in [-0.4, -0.2) is 19.6 Å². The van der Waals surface area contributed by atoms with Gasteiger partial charge in [0, 0.05) is 17.1 Å². The number of hydrogen-bond donors (Lipinski definition) is 1. The van der Waals surface area contributed by atoms with E-state index < -0.39 is 0 Å². The largest absolute Gasteiger partial charge is 0.495 e. The molecule has 0 fully saturated rings. The van der Waals surface area contributed by atoms with Crippen molar-refractivity contribution in [3.8, 4) is 11.5 Å². The van der Waals surface area contributed by atoms with Crippen LogP contribution in [-0.2, 0) is 11.2 Å². The van der Waals surface area contributed by atoms with Gasteiger partial charge in [0.2, 0.25) is 0 Å². The van der Waals surface area contributed by atoms with Crippen LogP contribution in [0.2, 0.25) is 10.0 Å². The zero-order chi connectivity index (χ0) is 19.9. The Hall–Kier alpha value is -2.69. The number of carbonyl (C=O) groups excluding carboxylic acids is 1. The first-order valence-corrected chi connectivity index (χ1v) is 9.39. The van der Waals surface area contributed by atoms with E-state index in [0.717, 1.165) is 11.1 Å². The smallest absolute Gasteiger partial charge is 0.262 e. The molecule has 0 spiro atoms. The summed E-state index contributed by atoms with van der Waals surface area (Å²) in [7, 11) is 1.53. The molecule has 28 heavy (non-hydrogen) atoms. The Morgan fingerprint density at radius 3 is 2.43 bits per heavy atom. The Kier molecular flexibility index (Phi) is 6.80. The van der Waals surface area contributed by atoms with E-state index in [1.54, 1.807) is 30.3 Å². The maximum atomic E-state index is 12.3. The molecule has 3 aromatic carbocycles. The summed E-state index contributed by atoms with van der Waals surface area (Å²) in [6.07, 6.45) is 0.659. The van der Waals surface area contributed by atoms with Crippen LogP contribution in [0.3, 0.4) is 0 Å². The molecule has 144 valence electrons. The molecule has 0 unspecified atom stereocenters. The van der Waals surface area contributed by atoms with Crippen LogP contribution in [0.15, 0.2) is 66.7 Å². The molecule has 0 bridgehead atoms. The van der Waals surface area contributed by atoms with E-state index in [2.05, 4.69) is 5.32 Å². The number of anilines is 1. The van der Waals surface area contributed by atoms with Gasteiger partial charge in [0.05, 0.1) is 12.1 Å². The summed E-state index contributed by atoms with van der Waals surface area (Å²) in [5, 5.41) is 3.80. The topological polar surface area (TPSA) is 47.6 Å². The molecule has 3 aromatic rings. The van der Waals surface area contributed by atoms with Gasteiger partial charge in [-0.05, 0) is 47.5 Å². The van der Waals surface area contributed by atoms with Crippen molar-refractivity contribution < 1.29 is 14.3 Å². The second kappa shape index (κ2) is 9.49. The fourth-order valence-electron chi connectivity index (χ4n) is 2.73. The summed E-state index contributed by atoms with van der Waals surface area (Å²) in [5.41, 5.74) is 2.62. The molecule has 0 heterocycles. The van der Waals surface area contributed by atoms with Crippen LogP contribution in [0.25, 0.3) is 0 Å². The third-order valence-corrected chi connectivity index (χ3v) is 4.58. The van der Waals surface area contributed by atoms with Crippen LogP contribution in [0.5, 0.6) is 11.5 Å². The van der Waals surface area contributed by atoms with Crippen molar-refractivity contribution in [2.45, 2.75) is 6.42 Å². The molecule has 0 aromatic heterocycles. The molecule has 0 aliphatic rings. The lowest BCUT2D eigenvalue weighted by Gasteiger charge is -2.13. The average Bonchev–Trinajstić information content (AvgIpc) is 2.68. The minimum Gasteiger partial charge on any atom is -0.495 e. The number of halogens is 2. The van der Waals surface area contributed by atoms with Crippen molar-refractivity contribution in [1.82, 2.24) is 0 Å². The van der Waals surface area contributed by atoms with Gasteiger partial charge < -0.3 is 14.8 Å². The van der Waals surface area contributed by atoms with Crippen LogP contribution in [0, 0.1) is 0 Å². The molecule has 1 N–H and O–H groups in total. The monoisotopic (exact) mass is 415 g/mol. The van der Waals surface area contributed by atoms with Gasteiger partial charge >= 0.3 is 0 Å². The minimum absolute atomic E-state index is 0.132. The van der Waals surface area contributed by atoms with Crippen LogP contribution < -0.4 is 14.8 Å². The maximum Gasteiger partial charge on any atom is 0.262 e. The van der Waals surface area contributed by atoms with Gasteiger partial charge in [-0.3, -0.25) is 4.79 Å². The van der Waals surface area contributed by atoms with E-state index in [4.69, 9.17) is 32.7 Å². The SMILES string of the molecule is COc1ccc(NC(=O)COc2ccc(Cl)cc2Cc2ccccc2)cc1Cl. The second-order valence-corrected chi connectivity index (χ2v) is 6.94. The fourth-order valence-corrected chi connectivity index (χ4v) is 3.18. The fraction of sp³-hybridized carbons (Fsp3) is 0.136. The highest BCUT2D eigenvalue weighted by Gasteiger charge is 2.10. The summed E-state index contributed by atoms with van der Waals surface area (Å²) in [5.74, 6) is 0.876. The van der Waals surface area contributed by atoms with Crippen molar-refractivity contribution in [2.75, 3.05) is 19.0 Å². The Bertz CT molecular complexity index is 961. The van der Waals surface area contributed by atoms with Crippen molar-refractivity contribution in [3.05, 3.63) is 87.9 Å². The minimum atomic E-state index is -0.290. The molecule has 0 aliphatic heterocycles. The lowest BCUT2D eigenvalue weighted by Crippen LogP contribution is -2.20. The highest BCUT2D eigenvalue weighted by molar-refractivity contribution is 6.32. The Balaban J connectivity index is 1.65. The third-order valence-electron chi connectivity index (χ3n) is 4.05. The molecule has 0 saturated carbocycles. The van der Waals surface area contributed by atoms with Gasteiger partial charge in [-0.2, -0.15) is 0 Å². The highest BCUT2D eigenvalue weighted by Crippen LogP contribution is 2.28. The first-order chi connectivity index (χ1) is 13.5. The Morgan fingerprint density at radius 2 is 1.71 bits per heavy atom. The first-order valence-electron chi connectivity index (χ1n) is 8.63. The number of carbonyl (C=O) groups is 1. The Morgan fingerprint density at radius 1 is 0.964 bits per heavy atom. The van der Waals surface area contributed by atoms with E-state index in [-0.39, 0.29) is 12.5 Å². The van der Waals surface area contributed by atoms with Gasteiger partial charge in [-0.1, -0.05) is 53.5 Å². The van der Waals surface area contributed by atoms with E-state index in [1.165, 1.54) is 7.11 Å². The Labute approximate surface area is 174 Å². The van der Waals surface area contributed by atoms with Crippen LogP contribution in [0.4, 0.5) is 5.69 Å². The lowest BCUT2D eigenvalue weighted by atomic mass is 10.0. The number of benzene rings is 3. The maximum absolute atomic E-state index is 12.3. The predicted molar refractivity (Wildman–Crippen MR) is 113 cm³/mol. The molecule has 3 rings (SSSR count). The third kappa shape index (κ3) is 5.41. The van der Waals surface area contributed by atoms with Crippen LogP contribution >= 0.6 is 23.2 Å². The average molecular weight is 416 g/mol. The highest BCUT2D eigenvalue weighted by atomic mass is 35.5. The number of nitrogens with one attached hydrogen (secondary N) is 1. The standard InChI is InChI=1S/C22H19Cl2NO3/c1-27-21-10-8-18(13-19(21)24)25-22(26)14-28-20-9-7-17(23)12-16(20)11-15-5-3-2-4-6-15/h2-10,12-13H,11,14H2,1H3,(H,25,26). The molecular formula is C22H19Cl2NO3. The number of hydrogen-bond acceptors (Lipinski definition) is 3. The van der Waals surface area contributed by atoms with Crippen molar-refractivity contribution in [1.29, 1.82) is 0 Å². The second-order valence-electron chi connectivity index (χ2n) is 6.10. The lowest BCUT2D eigenvalue weighted by molar-refractivity contribution is -0.118. The molecule has 1 amide bonds. The van der Waals surface area contributed by atoms with Crippen molar-refractivity contribution in [2.24, 2.45) is 0 Å². The van der Waals surface area contributed by atoms with Crippen molar-refractivity contribution in [3.63, 3.8) is 0 Å². The van der Waals surface area contributed by atoms with Crippen molar-refractivity contribution >= 4 is 34.8 Å². The molecule has 0 saturated heterocycles. The van der Waals surface area contributed by atoms with Crippen LogP contribution in [0.1, 0.15) is 11.1 Å². The first kappa shape index (κ1) is 20.1. The summed E-state index contributed by atoms with van der Waals surface area (Å²) < 4.78 is 10.8. The summed E-state index contributed by atoms with van der Waals surface area (Å²) >= 11 is 12.2. The van der Waals surface area contributed by atoms with E-state index in [0.29, 0.717) is 33.7 Å². The zero-order valence-electron chi connectivity index (χ0n) is 15.2. The quantitative estimate of drug-likeness (QED) is 0.545. The molecule has 4 nitrogen and oxygen atoms in total. The molecule has 0 atom stereocenters. The summed E-state index contributed by atoms with van der Waals surface area (Å²) in [6, 6.07) is 20.4. The number of rotatable bonds is 7. The summed E-state index contributed by atoms with van der Waals surface area (Å²) in [6.45, 7) is -0.132. The van der Waals surface area contributed by atoms with Gasteiger partial charge in [0.1, 0.15) is 11.5 Å². The molecular weight excluding hydrogens is 397 g/mol. The normalized spacial score (nSPS) is 10.4. The number of amides is 1. The van der Waals surface area contributed by atoms with E-state index in [1.807, 2.05) is 36.4 Å². The number of ether oxygens (including phenoxy) is 2. The number of methoxy groups -OCH3 is 1. The summed E-state index contributed by atoms with van der Waals surface area (Å²) in [4.78, 5) is 12.3. The predicted octanol–water partition coefficient (Wildman–Crippen LogP) is 5.61. The zero-order valence-corrected chi connectivity index (χ0v) is 16.8. The van der Waals surface area contributed by atoms with Gasteiger partial charge in [-0.15, -0.1) is 0 Å². The van der Waals surface area contributed by atoms with Gasteiger partial charge in [0.25, 0.3) is 5.91 Å². The van der Waals surface area contributed by atoms with E-state index >= 15 is 0 Å². The van der Waals surface area contributed by atoms with Gasteiger partial charge in [0.15, 0.2) is 6.61 Å².